The van der Waals surface area contributed by atoms with Crippen LogP contribution in [0.15, 0.2) is 10.7 Å². The first-order valence-electron chi connectivity index (χ1n) is 6.94. The monoisotopic (exact) mass is 325 g/mol. The lowest BCUT2D eigenvalue weighted by Gasteiger charge is -2.40. The van der Waals surface area contributed by atoms with E-state index < -0.39 is 0 Å². The molecular formula is C14H20BrN3O. The van der Waals surface area contributed by atoms with Crippen LogP contribution in [-0.2, 0) is 4.74 Å². The Balaban J connectivity index is 1.84. The summed E-state index contributed by atoms with van der Waals surface area (Å²) in [4.78, 5) is 11.6. The Morgan fingerprint density at radius 1 is 1.42 bits per heavy atom. The molecule has 1 aromatic rings. The summed E-state index contributed by atoms with van der Waals surface area (Å²) in [5, 5.41) is 0. The maximum atomic E-state index is 5.65. The maximum Gasteiger partial charge on any atom is 0.135 e. The second-order valence-electron chi connectivity index (χ2n) is 5.86. The van der Waals surface area contributed by atoms with Gasteiger partial charge in [0, 0.05) is 32.2 Å². The van der Waals surface area contributed by atoms with Gasteiger partial charge in [-0.1, -0.05) is 0 Å². The number of hydrogen-bond donors (Lipinski definition) is 0. The van der Waals surface area contributed by atoms with Crippen molar-refractivity contribution in [2.75, 3.05) is 25.1 Å². The van der Waals surface area contributed by atoms with E-state index in [0.717, 1.165) is 42.2 Å². The zero-order chi connectivity index (χ0) is 13.5. The van der Waals surface area contributed by atoms with Gasteiger partial charge in [-0.25, -0.2) is 9.97 Å². The lowest BCUT2D eigenvalue weighted by Crippen LogP contribution is -2.47. The Labute approximate surface area is 122 Å². The molecule has 1 atom stereocenters. The molecule has 2 fully saturated rings. The fraction of sp³-hybridized carbons (Fsp3) is 0.714. The zero-order valence-electron chi connectivity index (χ0n) is 11.5. The standard InChI is InChI=1S/C14H20BrN3O/c1-14(19-2)6-3-7-18(9-14)12-8-11(15)16-13(17-12)10-4-5-10/h8,10H,3-7,9H2,1-2H3. The van der Waals surface area contributed by atoms with Crippen LogP contribution >= 0.6 is 15.9 Å². The summed E-state index contributed by atoms with van der Waals surface area (Å²) in [5.41, 5.74) is -0.0601. The summed E-state index contributed by atoms with van der Waals surface area (Å²) in [7, 11) is 1.80. The fourth-order valence-corrected chi connectivity index (χ4v) is 3.06. The van der Waals surface area contributed by atoms with Gasteiger partial charge in [-0.2, -0.15) is 0 Å². The number of aromatic nitrogens is 2. The Morgan fingerprint density at radius 3 is 2.89 bits per heavy atom. The lowest BCUT2D eigenvalue weighted by molar-refractivity contribution is -0.00483. The van der Waals surface area contributed by atoms with E-state index in [9.17, 15) is 0 Å². The molecule has 19 heavy (non-hydrogen) atoms. The minimum atomic E-state index is -0.0601. The van der Waals surface area contributed by atoms with Crippen molar-refractivity contribution in [1.82, 2.24) is 9.97 Å². The Hall–Kier alpha value is -0.680. The molecule has 3 rings (SSSR count). The third kappa shape index (κ3) is 2.92. The van der Waals surface area contributed by atoms with Crippen molar-refractivity contribution in [3.63, 3.8) is 0 Å². The van der Waals surface area contributed by atoms with Gasteiger partial charge in [-0.3, -0.25) is 0 Å². The van der Waals surface area contributed by atoms with Crippen molar-refractivity contribution in [3.8, 4) is 0 Å². The van der Waals surface area contributed by atoms with E-state index in [4.69, 9.17) is 9.72 Å². The van der Waals surface area contributed by atoms with Crippen molar-refractivity contribution < 1.29 is 4.74 Å². The van der Waals surface area contributed by atoms with E-state index >= 15 is 0 Å². The van der Waals surface area contributed by atoms with Crippen molar-refractivity contribution in [2.45, 2.75) is 44.1 Å². The Morgan fingerprint density at radius 2 is 2.21 bits per heavy atom. The first kappa shape index (κ1) is 13.3. The van der Waals surface area contributed by atoms with Gasteiger partial charge in [0.25, 0.3) is 0 Å². The van der Waals surface area contributed by atoms with Gasteiger partial charge in [0.1, 0.15) is 16.2 Å². The van der Waals surface area contributed by atoms with Gasteiger partial charge < -0.3 is 9.64 Å². The molecule has 0 aromatic carbocycles. The highest BCUT2D eigenvalue weighted by Crippen LogP contribution is 2.39. The summed E-state index contributed by atoms with van der Waals surface area (Å²) in [6, 6.07) is 2.02. The van der Waals surface area contributed by atoms with Crippen molar-refractivity contribution in [2.24, 2.45) is 0 Å². The largest absolute Gasteiger partial charge is 0.377 e. The van der Waals surface area contributed by atoms with Crippen LogP contribution in [0, 0.1) is 0 Å². The highest BCUT2D eigenvalue weighted by molar-refractivity contribution is 9.10. The smallest absolute Gasteiger partial charge is 0.135 e. The quantitative estimate of drug-likeness (QED) is 0.800. The predicted octanol–water partition coefficient (Wildman–Crippen LogP) is 3.12. The number of methoxy groups -OCH3 is 1. The van der Waals surface area contributed by atoms with Gasteiger partial charge in [0.2, 0.25) is 0 Å². The fourth-order valence-electron chi connectivity index (χ4n) is 2.68. The summed E-state index contributed by atoms with van der Waals surface area (Å²) in [5.74, 6) is 2.61. The molecule has 104 valence electrons. The van der Waals surface area contributed by atoms with Crippen molar-refractivity contribution >= 4 is 21.7 Å². The second-order valence-corrected chi connectivity index (χ2v) is 6.67. The number of anilines is 1. The second kappa shape index (κ2) is 5.02. The van der Waals surface area contributed by atoms with Gasteiger partial charge >= 0.3 is 0 Å². The van der Waals surface area contributed by atoms with Crippen molar-refractivity contribution in [3.05, 3.63) is 16.5 Å². The van der Waals surface area contributed by atoms with E-state index in [1.807, 2.05) is 6.07 Å². The number of piperidine rings is 1. The molecule has 1 aliphatic heterocycles. The number of rotatable bonds is 3. The van der Waals surface area contributed by atoms with Gasteiger partial charge in [0.05, 0.1) is 5.60 Å². The average Bonchev–Trinajstić information content (AvgIpc) is 3.22. The summed E-state index contributed by atoms with van der Waals surface area (Å²) < 4.78 is 6.55. The number of halogens is 1. The van der Waals surface area contributed by atoms with Gasteiger partial charge in [-0.15, -0.1) is 0 Å². The van der Waals surface area contributed by atoms with Gasteiger partial charge in [-0.05, 0) is 48.5 Å². The van der Waals surface area contributed by atoms with E-state index in [0.29, 0.717) is 5.92 Å². The van der Waals surface area contributed by atoms with Crippen LogP contribution in [0.3, 0.4) is 0 Å². The van der Waals surface area contributed by atoms with Crippen LogP contribution in [0.2, 0.25) is 0 Å². The number of nitrogens with zero attached hydrogens (tertiary/aromatic N) is 3. The molecule has 1 saturated heterocycles. The van der Waals surface area contributed by atoms with Crippen LogP contribution in [0.25, 0.3) is 0 Å². The first-order chi connectivity index (χ1) is 9.09. The molecule has 4 nitrogen and oxygen atoms in total. The van der Waals surface area contributed by atoms with E-state index in [1.54, 1.807) is 7.11 Å². The molecule has 1 saturated carbocycles. The molecule has 0 N–H and O–H groups in total. The molecular weight excluding hydrogens is 306 g/mol. The summed E-state index contributed by atoms with van der Waals surface area (Å²) >= 11 is 3.51. The Kier molecular flexibility index (Phi) is 3.52. The highest BCUT2D eigenvalue weighted by Gasteiger charge is 2.33. The number of hydrogen-bond acceptors (Lipinski definition) is 4. The molecule has 1 aromatic heterocycles. The normalized spacial score (nSPS) is 27.6. The minimum absolute atomic E-state index is 0.0601. The van der Waals surface area contributed by atoms with E-state index in [2.05, 4.69) is 32.7 Å². The topological polar surface area (TPSA) is 38.2 Å². The SMILES string of the molecule is COC1(C)CCCN(c2cc(Br)nc(C3CC3)n2)C1. The van der Waals surface area contributed by atoms with Crippen LogP contribution in [0.4, 0.5) is 5.82 Å². The molecule has 0 bridgehead atoms. The lowest BCUT2D eigenvalue weighted by atomic mass is 9.95. The molecule has 1 aliphatic carbocycles. The van der Waals surface area contributed by atoms with Crippen LogP contribution in [0.1, 0.15) is 44.3 Å². The molecule has 0 amide bonds. The number of ether oxygens (including phenoxy) is 1. The van der Waals surface area contributed by atoms with Gasteiger partial charge in [0.15, 0.2) is 0 Å². The van der Waals surface area contributed by atoms with E-state index in [-0.39, 0.29) is 5.60 Å². The summed E-state index contributed by atoms with van der Waals surface area (Å²) in [6.45, 7) is 4.13. The highest BCUT2D eigenvalue weighted by atomic mass is 79.9. The average molecular weight is 326 g/mol. The van der Waals surface area contributed by atoms with Crippen LogP contribution < -0.4 is 4.90 Å². The van der Waals surface area contributed by atoms with Crippen LogP contribution in [0.5, 0.6) is 0 Å². The maximum absolute atomic E-state index is 5.65. The molecule has 1 unspecified atom stereocenters. The van der Waals surface area contributed by atoms with Crippen molar-refractivity contribution in [1.29, 1.82) is 0 Å². The summed E-state index contributed by atoms with van der Waals surface area (Å²) in [6.07, 6.45) is 4.71. The first-order valence-corrected chi connectivity index (χ1v) is 7.73. The third-order valence-corrected chi connectivity index (χ3v) is 4.52. The molecule has 2 heterocycles. The Bertz CT molecular complexity index is 478. The molecule has 2 aliphatic rings. The molecule has 0 radical (unpaired) electrons. The zero-order valence-corrected chi connectivity index (χ0v) is 13.1. The van der Waals surface area contributed by atoms with E-state index in [1.165, 1.54) is 12.8 Å². The molecule has 0 spiro atoms. The molecule has 5 heteroatoms. The minimum Gasteiger partial charge on any atom is -0.377 e. The third-order valence-electron chi connectivity index (χ3n) is 4.12. The predicted molar refractivity (Wildman–Crippen MR) is 78.6 cm³/mol. The van der Waals surface area contributed by atoms with Crippen LogP contribution in [-0.4, -0.2) is 35.8 Å².